The molecule has 2 aromatic rings. The molecule has 7 nitrogen and oxygen atoms in total. The number of rotatable bonds is 4. The van der Waals surface area contributed by atoms with Crippen LogP contribution in [0.4, 0.5) is 0 Å². The quantitative estimate of drug-likeness (QED) is 0.881. The number of nitrogens with one attached hydrogen (secondary N) is 1. The molecule has 1 aromatic carbocycles. The second-order valence-corrected chi connectivity index (χ2v) is 5.11. The van der Waals surface area contributed by atoms with Gasteiger partial charge >= 0.3 is 5.97 Å². The van der Waals surface area contributed by atoms with Crippen molar-refractivity contribution >= 4 is 11.9 Å². The van der Waals surface area contributed by atoms with E-state index < -0.39 is 17.9 Å². The molecule has 0 spiro atoms. The molecule has 0 aliphatic rings. The van der Waals surface area contributed by atoms with Gasteiger partial charge in [0.25, 0.3) is 11.5 Å². The summed E-state index contributed by atoms with van der Waals surface area (Å²) < 4.78 is 1.24. The minimum atomic E-state index is -1.11. The summed E-state index contributed by atoms with van der Waals surface area (Å²) in [5, 5.41) is 11.7. The standard InChI is InChI=1S/C15H17N3O4/c1-9-4-6-11(7-5-9)18-13(19)8-12(16-18)14(20)17(3)10(2)15(21)22/h4-8,10,16H,1-3H3,(H,21,22). The average Bonchev–Trinajstić information content (AvgIpc) is 2.87. The van der Waals surface area contributed by atoms with E-state index in [2.05, 4.69) is 5.10 Å². The van der Waals surface area contributed by atoms with Crippen molar-refractivity contribution in [1.29, 1.82) is 0 Å². The topological polar surface area (TPSA) is 95.4 Å². The lowest BCUT2D eigenvalue weighted by Gasteiger charge is -2.20. The Bertz CT molecular complexity index is 758. The molecule has 0 aliphatic heterocycles. The van der Waals surface area contributed by atoms with Gasteiger partial charge in [-0.2, -0.15) is 0 Å². The summed E-state index contributed by atoms with van der Waals surface area (Å²) in [7, 11) is 1.38. The first-order chi connectivity index (χ1) is 10.3. The molecule has 0 saturated heterocycles. The molecule has 0 aliphatic carbocycles. The number of aryl methyl sites for hydroxylation is 1. The fraction of sp³-hybridized carbons (Fsp3) is 0.267. The predicted octanol–water partition coefficient (Wildman–Crippen LogP) is 1.02. The Morgan fingerprint density at radius 3 is 2.41 bits per heavy atom. The molecule has 116 valence electrons. The number of H-pyrrole nitrogens is 1. The Morgan fingerprint density at radius 2 is 1.86 bits per heavy atom. The van der Waals surface area contributed by atoms with Gasteiger partial charge in [-0.15, -0.1) is 0 Å². The Balaban J connectivity index is 2.33. The van der Waals surface area contributed by atoms with Crippen LogP contribution in [0, 0.1) is 6.92 Å². The van der Waals surface area contributed by atoms with Gasteiger partial charge in [-0.05, 0) is 26.0 Å². The number of aliphatic carboxylic acids is 1. The minimum Gasteiger partial charge on any atom is -0.480 e. The number of carboxylic acids is 1. The molecule has 0 saturated carbocycles. The SMILES string of the molecule is Cc1ccc(-n2[nH]c(C(=O)N(C)C(C)C(=O)O)cc2=O)cc1. The van der Waals surface area contributed by atoms with Gasteiger partial charge in [-0.3, -0.25) is 14.7 Å². The number of likely N-dealkylation sites (N-methyl/N-ethyl adjacent to an activating group) is 1. The highest BCUT2D eigenvalue weighted by molar-refractivity contribution is 5.94. The molecule has 1 heterocycles. The van der Waals surface area contributed by atoms with Gasteiger partial charge in [0, 0.05) is 13.1 Å². The molecule has 7 heteroatoms. The number of carbonyl (C=O) groups excluding carboxylic acids is 1. The van der Waals surface area contributed by atoms with Gasteiger partial charge in [-0.25, -0.2) is 9.48 Å². The number of hydrogen-bond acceptors (Lipinski definition) is 3. The van der Waals surface area contributed by atoms with Crippen LogP contribution < -0.4 is 5.56 Å². The van der Waals surface area contributed by atoms with Gasteiger partial charge in [0.2, 0.25) is 0 Å². The molecule has 1 aromatic heterocycles. The number of carboxylic acid groups (broad SMARTS) is 1. The smallest absolute Gasteiger partial charge is 0.326 e. The fourth-order valence-corrected chi connectivity index (χ4v) is 1.92. The first-order valence-electron chi connectivity index (χ1n) is 6.70. The van der Waals surface area contributed by atoms with E-state index in [9.17, 15) is 14.4 Å². The van der Waals surface area contributed by atoms with E-state index in [4.69, 9.17) is 5.11 Å². The number of aromatic nitrogens is 2. The number of hydrogen-bond donors (Lipinski definition) is 2. The summed E-state index contributed by atoms with van der Waals surface area (Å²) in [6, 6.07) is 7.38. The Labute approximate surface area is 126 Å². The molecule has 0 fully saturated rings. The number of benzene rings is 1. The van der Waals surface area contributed by atoms with Crippen LogP contribution in [-0.4, -0.2) is 44.8 Å². The van der Waals surface area contributed by atoms with Crippen LogP contribution in [0.15, 0.2) is 35.1 Å². The number of nitrogens with zero attached hydrogens (tertiary/aromatic N) is 2. The maximum absolute atomic E-state index is 12.2. The first-order valence-corrected chi connectivity index (χ1v) is 6.70. The van der Waals surface area contributed by atoms with Crippen LogP contribution in [0.25, 0.3) is 5.69 Å². The van der Waals surface area contributed by atoms with E-state index in [0.29, 0.717) is 5.69 Å². The van der Waals surface area contributed by atoms with E-state index in [1.807, 2.05) is 19.1 Å². The molecule has 0 bridgehead atoms. The lowest BCUT2D eigenvalue weighted by atomic mass is 10.2. The van der Waals surface area contributed by atoms with E-state index in [1.54, 1.807) is 12.1 Å². The van der Waals surface area contributed by atoms with Crippen molar-refractivity contribution in [3.05, 3.63) is 51.9 Å². The highest BCUT2D eigenvalue weighted by Gasteiger charge is 2.24. The van der Waals surface area contributed by atoms with Gasteiger partial charge in [0.1, 0.15) is 11.7 Å². The molecule has 2 rings (SSSR count). The molecule has 0 radical (unpaired) electrons. The third-order valence-electron chi connectivity index (χ3n) is 3.50. The lowest BCUT2D eigenvalue weighted by Crippen LogP contribution is -2.40. The number of aromatic amines is 1. The predicted molar refractivity (Wildman–Crippen MR) is 80.3 cm³/mol. The summed E-state index contributed by atoms with van der Waals surface area (Å²) in [6.07, 6.45) is 0. The van der Waals surface area contributed by atoms with E-state index in [0.717, 1.165) is 16.5 Å². The number of amides is 1. The highest BCUT2D eigenvalue weighted by atomic mass is 16.4. The maximum atomic E-state index is 12.2. The van der Waals surface area contributed by atoms with Crippen LogP contribution in [0.1, 0.15) is 23.0 Å². The zero-order chi connectivity index (χ0) is 16.4. The Kier molecular flexibility index (Phi) is 4.16. The van der Waals surface area contributed by atoms with Crippen molar-refractivity contribution in [3.8, 4) is 5.69 Å². The van der Waals surface area contributed by atoms with Gasteiger partial charge in [0.05, 0.1) is 5.69 Å². The minimum absolute atomic E-state index is 0.0428. The molecule has 22 heavy (non-hydrogen) atoms. The summed E-state index contributed by atoms with van der Waals surface area (Å²) in [6.45, 7) is 3.33. The van der Waals surface area contributed by atoms with Crippen molar-refractivity contribution in [3.63, 3.8) is 0 Å². The summed E-state index contributed by atoms with van der Waals surface area (Å²) >= 11 is 0. The molecular formula is C15H17N3O4. The van der Waals surface area contributed by atoms with Crippen LogP contribution in [-0.2, 0) is 4.79 Å². The molecule has 1 amide bonds. The maximum Gasteiger partial charge on any atom is 0.326 e. The largest absolute Gasteiger partial charge is 0.480 e. The normalized spacial score (nSPS) is 12.0. The first kappa shape index (κ1) is 15.6. The summed E-state index contributed by atoms with van der Waals surface area (Å²) in [5.41, 5.74) is 1.31. The Morgan fingerprint density at radius 1 is 1.27 bits per heavy atom. The van der Waals surface area contributed by atoms with E-state index in [-0.39, 0.29) is 11.3 Å². The van der Waals surface area contributed by atoms with Crippen LogP contribution >= 0.6 is 0 Å². The second-order valence-electron chi connectivity index (χ2n) is 5.11. The molecular weight excluding hydrogens is 286 g/mol. The van der Waals surface area contributed by atoms with Crippen molar-refractivity contribution in [1.82, 2.24) is 14.7 Å². The monoisotopic (exact) mass is 303 g/mol. The zero-order valence-corrected chi connectivity index (χ0v) is 12.5. The second kappa shape index (κ2) is 5.88. The Hall–Kier alpha value is -2.83. The highest BCUT2D eigenvalue weighted by Crippen LogP contribution is 2.08. The fourth-order valence-electron chi connectivity index (χ4n) is 1.92. The van der Waals surface area contributed by atoms with Crippen molar-refractivity contribution in [2.45, 2.75) is 19.9 Å². The molecule has 2 N–H and O–H groups in total. The van der Waals surface area contributed by atoms with E-state index in [1.165, 1.54) is 18.7 Å². The summed E-state index contributed by atoms with van der Waals surface area (Å²) in [4.78, 5) is 36.2. The van der Waals surface area contributed by atoms with Gasteiger partial charge in [-0.1, -0.05) is 17.7 Å². The lowest BCUT2D eigenvalue weighted by molar-refractivity contribution is -0.141. The van der Waals surface area contributed by atoms with Gasteiger partial charge in [0.15, 0.2) is 0 Å². The summed E-state index contributed by atoms with van der Waals surface area (Å²) in [5.74, 6) is -1.67. The molecule has 1 atom stereocenters. The third kappa shape index (κ3) is 2.93. The van der Waals surface area contributed by atoms with Gasteiger partial charge < -0.3 is 10.0 Å². The van der Waals surface area contributed by atoms with Crippen molar-refractivity contribution in [2.75, 3.05) is 7.05 Å². The van der Waals surface area contributed by atoms with Crippen LogP contribution in [0.2, 0.25) is 0 Å². The van der Waals surface area contributed by atoms with Crippen molar-refractivity contribution < 1.29 is 14.7 Å². The van der Waals surface area contributed by atoms with Crippen molar-refractivity contribution in [2.24, 2.45) is 0 Å². The molecule has 1 unspecified atom stereocenters. The zero-order valence-electron chi connectivity index (χ0n) is 12.5. The van der Waals surface area contributed by atoms with E-state index >= 15 is 0 Å². The third-order valence-corrected chi connectivity index (χ3v) is 3.50. The average molecular weight is 303 g/mol. The number of carbonyl (C=O) groups is 2. The van der Waals surface area contributed by atoms with Crippen LogP contribution in [0.3, 0.4) is 0 Å². The van der Waals surface area contributed by atoms with Crippen LogP contribution in [0.5, 0.6) is 0 Å².